The third-order valence-corrected chi connectivity index (χ3v) is 5.72. The number of nitrogens with zero attached hydrogens (tertiary/aromatic N) is 2. The molecular formula is C25H34N2O4. The zero-order valence-corrected chi connectivity index (χ0v) is 19.3. The molecule has 0 N–H and O–H groups in total. The molecule has 3 rings (SSSR count). The number of ether oxygens (including phenoxy) is 3. The average Bonchev–Trinajstić information content (AvgIpc) is 2.78. The van der Waals surface area contributed by atoms with Crippen LogP contribution in [0.4, 0.5) is 5.69 Å². The summed E-state index contributed by atoms with van der Waals surface area (Å²) in [5.41, 5.74) is 3.76. The molecule has 2 aromatic carbocycles. The molecule has 6 nitrogen and oxygen atoms in total. The van der Waals surface area contributed by atoms with Crippen molar-refractivity contribution in [1.29, 1.82) is 0 Å². The topological polar surface area (TPSA) is 51.2 Å². The van der Waals surface area contributed by atoms with E-state index < -0.39 is 0 Å². The minimum Gasteiger partial charge on any atom is -0.496 e. The van der Waals surface area contributed by atoms with Gasteiger partial charge >= 0.3 is 0 Å². The Bertz CT molecular complexity index is 872. The zero-order chi connectivity index (χ0) is 22.4. The highest BCUT2D eigenvalue weighted by atomic mass is 16.5. The van der Waals surface area contributed by atoms with Crippen LogP contribution in [-0.2, 0) is 4.74 Å². The third kappa shape index (κ3) is 5.50. The van der Waals surface area contributed by atoms with Gasteiger partial charge in [-0.15, -0.1) is 0 Å². The lowest BCUT2D eigenvalue weighted by molar-refractivity contribution is -0.0401. The lowest BCUT2D eigenvalue weighted by atomic mass is 10.0. The molecule has 1 aliphatic heterocycles. The van der Waals surface area contributed by atoms with Crippen LogP contribution in [0.1, 0.15) is 35.3 Å². The van der Waals surface area contributed by atoms with E-state index >= 15 is 0 Å². The van der Waals surface area contributed by atoms with E-state index in [9.17, 15) is 4.79 Å². The molecule has 2 aromatic rings. The van der Waals surface area contributed by atoms with Crippen molar-refractivity contribution < 1.29 is 19.0 Å². The van der Waals surface area contributed by atoms with Crippen molar-refractivity contribution in [2.24, 2.45) is 0 Å². The van der Waals surface area contributed by atoms with Crippen molar-refractivity contribution in [3.05, 3.63) is 53.1 Å². The van der Waals surface area contributed by atoms with Gasteiger partial charge in [0.15, 0.2) is 0 Å². The number of anilines is 1. The molecule has 1 heterocycles. The average molecular weight is 427 g/mol. The van der Waals surface area contributed by atoms with Gasteiger partial charge in [0.2, 0.25) is 0 Å². The number of methoxy groups -OCH3 is 1. The van der Waals surface area contributed by atoms with E-state index in [2.05, 4.69) is 30.9 Å². The van der Waals surface area contributed by atoms with E-state index in [1.807, 2.05) is 43.0 Å². The second-order valence-corrected chi connectivity index (χ2v) is 7.87. The first-order valence-corrected chi connectivity index (χ1v) is 11.0. The first-order chi connectivity index (χ1) is 15.0. The molecule has 1 fully saturated rings. The molecule has 31 heavy (non-hydrogen) atoms. The Balaban J connectivity index is 1.62. The fourth-order valence-corrected chi connectivity index (χ4v) is 4.13. The predicted octanol–water partition coefficient (Wildman–Crippen LogP) is 4.08. The number of morpholine rings is 1. The summed E-state index contributed by atoms with van der Waals surface area (Å²) in [6.45, 7) is 12.1. The minimum absolute atomic E-state index is 0.0192. The quantitative estimate of drug-likeness (QED) is 0.637. The van der Waals surface area contributed by atoms with Gasteiger partial charge in [-0.3, -0.25) is 4.79 Å². The standard InChI is InChI=1S/C25H34N2O4/c1-6-26(7-2)21-9-8-10-22(15-21)31-17-23-16-27(11-12-30-23)25(28)20-13-18(3)24(29-5)19(4)14-20/h8-10,13-15,23H,6-7,11-12,16-17H2,1-5H3. The van der Waals surface area contributed by atoms with E-state index in [-0.39, 0.29) is 12.0 Å². The van der Waals surface area contributed by atoms with Crippen molar-refractivity contribution in [2.75, 3.05) is 51.4 Å². The number of carbonyl (C=O) groups is 1. The van der Waals surface area contributed by atoms with Gasteiger partial charge < -0.3 is 24.0 Å². The summed E-state index contributed by atoms with van der Waals surface area (Å²) >= 11 is 0. The van der Waals surface area contributed by atoms with Crippen molar-refractivity contribution in [3.8, 4) is 11.5 Å². The van der Waals surface area contributed by atoms with Gasteiger partial charge in [0.1, 0.15) is 24.2 Å². The van der Waals surface area contributed by atoms with E-state index in [0.717, 1.165) is 41.4 Å². The SMILES string of the molecule is CCN(CC)c1cccc(OCC2CN(C(=O)c3cc(C)c(OC)c(C)c3)CCO2)c1. The van der Waals surface area contributed by atoms with Gasteiger partial charge in [-0.25, -0.2) is 0 Å². The molecule has 1 amide bonds. The minimum atomic E-state index is -0.157. The summed E-state index contributed by atoms with van der Waals surface area (Å²) in [4.78, 5) is 17.2. The van der Waals surface area contributed by atoms with E-state index in [1.165, 1.54) is 0 Å². The number of hydrogen-bond donors (Lipinski definition) is 0. The zero-order valence-electron chi connectivity index (χ0n) is 19.3. The van der Waals surface area contributed by atoms with Crippen LogP contribution in [0.25, 0.3) is 0 Å². The molecule has 1 atom stereocenters. The monoisotopic (exact) mass is 426 g/mol. The molecule has 0 bridgehead atoms. The number of benzene rings is 2. The molecule has 1 aliphatic rings. The summed E-state index contributed by atoms with van der Waals surface area (Å²) in [7, 11) is 1.65. The van der Waals surface area contributed by atoms with Gasteiger partial charge in [-0.05, 0) is 63.1 Å². The van der Waals surface area contributed by atoms with Gasteiger partial charge in [-0.1, -0.05) is 6.07 Å². The molecule has 0 saturated carbocycles. The molecule has 0 aromatic heterocycles. The molecule has 1 unspecified atom stereocenters. The van der Waals surface area contributed by atoms with Gasteiger partial charge in [-0.2, -0.15) is 0 Å². The van der Waals surface area contributed by atoms with Crippen molar-refractivity contribution in [1.82, 2.24) is 4.90 Å². The summed E-state index contributed by atoms with van der Waals surface area (Å²) in [6.07, 6.45) is -0.157. The molecule has 0 aliphatic carbocycles. The van der Waals surface area contributed by atoms with Crippen LogP contribution in [0.15, 0.2) is 36.4 Å². The molecule has 0 spiro atoms. The van der Waals surface area contributed by atoms with E-state index in [4.69, 9.17) is 14.2 Å². The molecule has 168 valence electrons. The van der Waals surface area contributed by atoms with Crippen molar-refractivity contribution in [3.63, 3.8) is 0 Å². The van der Waals surface area contributed by atoms with Crippen LogP contribution in [0.3, 0.4) is 0 Å². The third-order valence-electron chi connectivity index (χ3n) is 5.72. The number of rotatable bonds is 8. The van der Waals surface area contributed by atoms with Crippen LogP contribution in [0, 0.1) is 13.8 Å². The first-order valence-electron chi connectivity index (χ1n) is 11.0. The Morgan fingerprint density at radius 1 is 1.16 bits per heavy atom. The lowest BCUT2D eigenvalue weighted by Gasteiger charge is -2.33. The number of hydrogen-bond acceptors (Lipinski definition) is 5. The predicted molar refractivity (Wildman–Crippen MR) is 124 cm³/mol. The van der Waals surface area contributed by atoms with E-state index in [1.54, 1.807) is 7.11 Å². The Morgan fingerprint density at radius 3 is 2.52 bits per heavy atom. The van der Waals surface area contributed by atoms with Gasteiger partial charge in [0.25, 0.3) is 5.91 Å². The Kier molecular flexibility index (Phi) is 7.80. The maximum absolute atomic E-state index is 13.1. The van der Waals surface area contributed by atoms with Gasteiger partial charge in [0.05, 0.1) is 20.3 Å². The summed E-state index contributed by atoms with van der Waals surface area (Å²) in [6, 6.07) is 11.9. The highest BCUT2D eigenvalue weighted by molar-refractivity contribution is 5.95. The van der Waals surface area contributed by atoms with Crippen molar-refractivity contribution in [2.45, 2.75) is 33.8 Å². The summed E-state index contributed by atoms with van der Waals surface area (Å²) < 4.78 is 17.3. The Morgan fingerprint density at radius 2 is 1.87 bits per heavy atom. The Hall–Kier alpha value is -2.73. The maximum atomic E-state index is 13.1. The molecule has 0 radical (unpaired) electrons. The van der Waals surface area contributed by atoms with Crippen LogP contribution >= 0.6 is 0 Å². The highest BCUT2D eigenvalue weighted by Crippen LogP contribution is 2.26. The van der Waals surface area contributed by atoms with Crippen LogP contribution in [-0.4, -0.2) is 63.4 Å². The molecule has 6 heteroatoms. The number of carbonyl (C=O) groups excluding carboxylic acids is 1. The van der Waals surface area contributed by atoms with Gasteiger partial charge in [0, 0.05) is 37.0 Å². The Labute approximate surface area is 185 Å². The molecular weight excluding hydrogens is 392 g/mol. The van der Waals surface area contributed by atoms with Crippen LogP contribution in [0.5, 0.6) is 11.5 Å². The van der Waals surface area contributed by atoms with Crippen LogP contribution in [0.2, 0.25) is 0 Å². The lowest BCUT2D eigenvalue weighted by Crippen LogP contribution is -2.47. The summed E-state index contributed by atoms with van der Waals surface area (Å²) in [5, 5.41) is 0. The van der Waals surface area contributed by atoms with E-state index in [0.29, 0.717) is 31.9 Å². The largest absolute Gasteiger partial charge is 0.496 e. The fraction of sp³-hybridized carbons (Fsp3) is 0.480. The smallest absolute Gasteiger partial charge is 0.254 e. The maximum Gasteiger partial charge on any atom is 0.254 e. The van der Waals surface area contributed by atoms with Crippen LogP contribution < -0.4 is 14.4 Å². The normalized spacial score (nSPS) is 16.2. The highest BCUT2D eigenvalue weighted by Gasteiger charge is 2.26. The first kappa shape index (κ1) is 22.9. The number of amides is 1. The second kappa shape index (κ2) is 10.5. The fourth-order valence-electron chi connectivity index (χ4n) is 4.13. The second-order valence-electron chi connectivity index (χ2n) is 7.87. The number of aryl methyl sites for hydroxylation is 2. The van der Waals surface area contributed by atoms with Crippen molar-refractivity contribution >= 4 is 11.6 Å². The summed E-state index contributed by atoms with van der Waals surface area (Å²) in [5.74, 6) is 1.67. The molecule has 1 saturated heterocycles.